The van der Waals surface area contributed by atoms with Gasteiger partial charge in [-0.2, -0.15) is 0 Å². The molecule has 0 radical (unpaired) electrons. The predicted molar refractivity (Wildman–Crippen MR) is 79.6 cm³/mol. The molecule has 1 aromatic heterocycles. The van der Waals surface area contributed by atoms with E-state index < -0.39 is 17.8 Å². The summed E-state index contributed by atoms with van der Waals surface area (Å²) in [5.74, 6) is 0.494. The highest BCUT2D eigenvalue weighted by molar-refractivity contribution is 5.82. The van der Waals surface area contributed by atoms with Gasteiger partial charge in [-0.25, -0.2) is 4.79 Å². The Balaban J connectivity index is 2.74. The molecule has 0 saturated heterocycles. The van der Waals surface area contributed by atoms with Gasteiger partial charge in [0, 0.05) is 18.6 Å². The Kier molecular flexibility index (Phi) is 4.65. The highest BCUT2D eigenvalue weighted by Crippen LogP contribution is 2.37. The Hall–Kier alpha value is -1.85. The molecule has 2 unspecified atom stereocenters. The Morgan fingerprint density at radius 1 is 1.14 bits per heavy atom. The van der Waals surface area contributed by atoms with Crippen LogP contribution in [0.3, 0.4) is 0 Å². The third kappa shape index (κ3) is 2.94. The lowest BCUT2D eigenvalue weighted by molar-refractivity contribution is -0.0367. The van der Waals surface area contributed by atoms with Crippen LogP contribution in [0.5, 0.6) is 5.75 Å². The minimum atomic E-state index is -0.750. The average molecular weight is 292 g/mol. The van der Waals surface area contributed by atoms with Gasteiger partial charge in [0.2, 0.25) is 0 Å². The fourth-order valence-electron chi connectivity index (χ4n) is 2.36. The topological polar surface area (TPSA) is 68.9 Å². The number of hydrogen-bond acceptors (Lipinski definition) is 5. The summed E-state index contributed by atoms with van der Waals surface area (Å²) in [4.78, 5) is 11.5. The Labute approximate surface area is 123 Å². The van der Waals surface area contributed by atoms with E-state index in [1.165, 1.54) is 20.3 Å². The summed E-state index contributed by atoms with van der Waals surface area (Å²) in [6.07, 6.45) is -1.39. The average Bonchev–Trinajstić information content (AvgIpc) is 2.47. The smallest absolute Gasteiger partial charge is 0.336 e. The van der Waals surface area contributed by atoms with Gasteiger partial charge in [0.15, 0.2) is 0 Å². The van der Waals surface area contributed by atoms with Gasteiger partial charge in [-0.05, 0) is 24.1 Å². The molecule has 5 nitrogen and oxygen atoms in total. The van der Waals surface area contributed by atoms with Crippen molar-refractivity contribution in [3.05, 3.63) is 40.2 Å². The monoisotopic (exact) mass is 292 g/mol. The Bertz CT molecular complexity index is 674. The molecular weight excluding hydrogens is 272 g/mol. The van der Waals surface area contributed by atoms with Gasteiger partial charge < -0.3 is 19.0 Å². The van der Waals surface area contributed by atoms with Crippen LogP contribution in [0.4, 0.5) is 0 Å². The van der Waals surface area contributed by atoms with Crippen molar-refractivity contribution in [3.63, 3.8) is 0 Å². The van der Waals surface area contributed by atoms with Crippen molar-refractivity contribution in [2.75, 3.05) is 14.2 Å². The SMILES string of the molecule is COc1ccc2ccc(=O)oc2c1C(OC)C(O)C(C)C. The van der Waals surface area contributed by atoms with E-state index in [1.807, 2.05) is 13.8 Å². The van der Waals surface area contributed by atoms with E-state index in [4.69, 9.17) is 13.9 Å². The molecule has 0 saturated carbocycles. The molecule has 1 N–H and O–H groups in total. The van der Waals surface area contributed by atoms with Crippen LogP contribution in [0.25, 0.3) is 11.0 Å². The van der Waals surface area contributed by atoms with E-state index in [1.54, 1.807) is 18.2 Å². The minimum absolute atomic E-state index is 0.0228. The van der Waals surface area contributed by atoms with Crippen molar-refractivity contribution >= 4 is 11.0 Å². The summed E-state index contributed by atoms with van der Waals surface area (Å²) in [6, 6.07) is 6.61. The number of methoxy groups -OCH3 is 2. The van der Waals surface area contributed by atoms with Crippen molar-refractivity contribution in [2.24, 2.45) is 5.92 Å². The minimum Gasteiger partial charge on any atom is -0.496 e. The predicted octanol–water partition coefficient (Wildman–Crippen LogP) is 2.51. The van der Waals surface area contributed by atoms with Crippen LogP contribution in [-0.2, 0) is 4.74 Å². The number of aliphatic hydroxyl groups is 1. The molecule has 1 heterocycles. The molecule has 2 rings (SSSR count). The quantitative estimate of drug-likeness (QED) is 0.857. The van der Waals surface area contributed by atoms with Gasteiger partial charge in [-0.3, -0.25) is 0 Å². The molecule has 21 heavy (non-hydrogen) atoms. The third-order valence-corrected chi connectivity index (χ3v) is 3.54. The Morgan fingerprint density at radius 3 is 2.38 bits per heavy atom. The maximum atomic E-state index is 11.5. The van der Waals surface area contributed by atoms with E-state index in [9.17, 15) is 9.90 Å². The number of hydrogen-bond donors (Lipinski definition) is 1. The van der Waals surface area contributed by atoms with Crippen LogP contribution in [-0.4, -0.2) is 25.4 Å². The number of fused-ring (bicyclic) bond motifs is 1. The molecule has 1 aromatic carbocycles. The molecule has 0 aliphatic carbocycles. The molecule has 0 fully saturated rings. The molecule has 5 heteroatoms. The summed E-state index contributed by atoms with van der Waals surface area (Å²) < 4.78 is 16.1. The summed E-state index contributed by atoms with van der Waals surface area (Å²) in [5, 5.41) is 11.1. The second-order valence-corrected chi connectivity index (χ2v) is 5.25. The van der Waals surface area contributed by atoms with Crippen LogP contribution in [0.2, 0.25) is 0 Å². The van der Waals surface area contributed by atoms with Crippen molar-refractivity contribution in [1.29, 1.82) is 0 Å². The number of rotatable bonds is 5. The van der Waals surface area contributed by atoms with Gasteiger partial charge in [0.05, 0.1) is 18.8 Å². The van der Waals surface area contributed by atoms with Crippen molar-refractivity contribution in [1.82, 2.24) is 0 Å². The molecular formula is C16H20O5. The fourth-order valence-corrected chi connectivity index (χ4v) is 2.36. The van der Waals surface area contributed by atoms with Crippen molar-refractivity contribution in [2.45, 2.75) is 26.1 Å². The van der Waals surface area contributed by atoms with E-state index in [0.717, 1.165) is 5.39 Å². The zero-order chi connectivity index (χ0) is 15.6. The lowest BCUT2D eigenvalue weighted by Crippen LogP contribution is -2.26. The lowest BCUT2D eigenvalue weighted by atomic mass is 9.94. The van der Waals surface area contributed by atoms with E-state index in [0.29, 0.717) is 16.9 Å². The van der Waals surface area contributed by atoms with Crippen LogP contribution in [0.1, 0.15) is 25.5 Å². The summed E-state index contributed by atoms with van der Waals surface area (Å²) in [6.45, 7) is 3.79. The second-order valence-electron chi connectivity index (χ2n) is 5.25. The molecule has 114 valence electrons. The molecule has 0 spiro atoms. The standard InChI is InChI=1S/C16H20O5/c1-9(2)14(18)16(20-4)13-11(19-3)7-5-10-6-8-12(17)21-15(10)13/h5-9,14,16,18H,1-4H3. The first kappa shape index (κ1) is 15.5. The second kappa shape index (κ2) is 6.28. The van der Waals surface area contributed by atoms with E-state index >= 15 is 0 Å². The van der Waals surface area contributed by atoms with Crippen LogP contribution in [0, 0.1) is 5.92 Å². The van der Waals surface area contributed by atoms with Crippen LogP contribution in [0.15, 0.2) is 33.5 Å². The summed E-state index contributed by atoms with van der Waals surface area (Å²) in [7, 11) is 3.04. The van der Waals surface area contributed by atoms with Crippen molar-refractivity contribution < 1.29 is 19.0 Å². The van der Waals surface area contributed by atoms with Gasteiger partial charge in [-0.1, -0.05) is 13.8 Å². The maximum Gasteiger partial charge on any atom is 0.336 e. The molecule has 0 aliphatic rings. The van der Waals surface area contributed by atoms with E-state index in [-0.39, 0.29) is 5.92 Å². The van der Waals surface area contributed by atoms with Crippen LogP contribution < -0.4 is 10.4 Å². The van der Waals surface area contributed by atoms with Gasteiger partial charge in [0.25, 0.3) is 0 Å². The molecule has 2 atom stereocenters. The molecule has 0 aliphatic heterocycles. The maximum absolute atomic E-state index is 11.5. The first-order chi connectivity index (χ1) is 9.99. The number of aliphatic hydroxyl groups excluding tert-OH is 1. The summed E-state index contributed by atoms with van der Waals surface area (Å²) in [5.41, 5.74) is 0.482. The highest BCUT2D eigenvalue weighted by atomic mass is 16.5. The normalized spacial score (nSPS) is 14.4. The van der Waals surface area contributed by atoms with E-state index in [2.05, 4.69) is 0 Å². The molecule has 2 aromatic rings. The molecule has 0 amide bonds. The number of benzene rings is 1. The number of ether oxygens (including phenoxy) is 2. The zero-order valence-corrected chi connectivity index (χ0v) is 12.6. The van der Waals surface area contributed by atoms with Gasteiger partial charge in [-0.15, -0.1) is 0 Å². The van der Waals surface area contributed by atoms with Crippen molar-refractivity contribution in [3.8, 4) is 5.75 Å². The van der Waals surface area contributed by atoms with Gasteiger partial charge >= 0.3 is 5.63 Å². The largest absolute Gasteiger partial charge is 0.496 e. The lowest BCUT2D eigenvalue weighted by Gasteiger charge is -2.26. The Morgan fingerprint density at radius 2 is 1.81 bits per heavy atom. The zero-order valence-electron chi connectivity index (χ0n) is 12.6. The first-order valence-corrected chi connectivity index (χ1v) is 6.81. The molecule has 0 bridgehead atoms. The first-order valence-electron chi connectivity index (χ1n) is 6.81. The third-order valence-electron chi connectivity index (χ3n) is 3.54. The highest BCUT2D eigenvalue weighted by Gasteiger charge is 2.29. The fraction of sp³-hybridized carbons (Fsp3) is 0.438. The summed E-state index contributed by atoms with van der Waals surface area (Å²) >= 11 is 0. The van der Waals surface area contributed by atoms with Crippen LogP contribution >= 0.6 is 0 Å². The van der Waals surface area contributed by atoms with Gasteiger partial charge in [0.1, 0.15) is 17.4 Å².